The molecule has 1 nitrogen and oxygen atoms in total. The van der Waals surface area contributed by atoms with Gasteiger partial charge in [-0.25, -0.2) is 0 Å². The van der Waals surface area contributed by atoms with Gasteiger partial charge >= 0.3 is 6.18 Å². The van der Waals surface area contributed by atoms with Crippen LogP contribution >= 0.6 is 11.3 Å². The quantitative estimate of drug-likeness (QED) is 0.421. The van der Waals surface area contributed by atoms with Gasteiger partial charge < -0.3 is 5.32 Å². The Morgan fingerprint density at radius 2 is 1.46 bits per heavy atom. The third-order valence-corrected chi connectivity index (χ3v) is 5.01. The SMILES string of the molecule is FC(F)(F)c1cccc(Nc2ccc3sc4ccccc4c3c2)c1. The summed E-state index contributed by atoms with van der Waals surface area (Å²) >= 11 is 1.71. The zero-order valence-corrected chi connectivity index (χ0v) is 13.2. The maximum Gasteiger partial charge on any atom is 0.416 e. The normalized spacial score (nSPS) is 12.0. The lowest BCUT2D eigenvalue weighted by Gasteiger charge is -2.11. The summed E-state index contributed by atoms with van der Waals surface area (Å²) in [5.41, 5.74) is 0.531. The topological polar surface area (TPSA) is 12.0 Å². The van der Waals surface area contributed by atoms with Crippen molar-refractivity contribution in [3.8, 4) is 0 Å². The van der Waals surface area contributed by atoms with E-state index in [-0.39, 0.29) is 0 Å². The summed E-state index contributed by atoms with van der Waals surface area (Å²) in [5, 5.41) is 5.33. The molecule has 0 unspecified atom stereocenters. The van der Waals surface area contributed by atoms with E-state index in [2.05, 4.69) is 17.4 Å². The highest BCUT2D eigenvalue weighted by Gasteiger charge is 2.30. The van der Waals surface area contributed by atoms with Gasteiger partial charge in [-0.05, 0) is 42.5 Å². The van der Waals surface area contributed by atoms with Gasteiger partial charge in [-0.3, -0.25) is 0 Å². The molecule has 0 aliphatic heterocycles. The lowest BCUT2D eigenvalue weighted by atomic mass is 10.1. The Morgan fingerprint density at radius 1 is 0.708 bits per heavy atom. The van der Waals surface area contributed by atoms with Crippen LogP contribution in [0, 0.1) is 0 Å². The molecule has 0 radical (unpaired) electrons. The van der Waals surface area contributed by atoms with E-state index in [1.165, 1.54) is 10.8 Å². The maximum absolute atomic E-state index is 12.8. The first-order valence-electron chi connectivity index (χ1n) is 7.36. The number of anilines is 2. The first kappa shape index (κ1) is 15.0. The summed E-state index contributed by atoms with van der Waals surface area (Å²) in [5.74, 6) is 0. The van der Waals surface area contributed by atoms with E-state index in [4.69, 9.17) is 0 Å². The Morgan fingerprint density at radius 3 is 2.29 bits per heavy atom. The molecule has 0 saturated heterocycles. The van der Waals surface area contributed by atoms with Crippen LogP contribution in [0.2, 0.25) is 0 Å². The average molecular weight is 343 g/mol. The highest BCUT2D eigenvalue weighted by molar-refractivity contribution is 7.25. The summed E-state index contributed by atoms with van der Waals surface area (Å²) in [6, 6.07) is 19.2. The summed E-state index contributed by atoms with van der Waals surface area (Å²) in [6.45, 7) is 0. The minimum Gasteiger partial charge on any atom is -0.355 e. The van der Waals surface area contributed by atoms with Crippen molar-refractivity contribution in [2.75, 3.05) is 5.32 Å². The van der Waals surface area contributed by atoms with Crippen LogP contribution in [-0.2, 0) is 6.18 Å². The molecule has 0 atom stereocenters. The van der Waals surface area contributed by atoms with Crippen LogP contribution in [0.25, 0.3) is 20.2 Å². The smallest absolute Gasteiger partial charge is 0.355 e. The number of rotatable bonds is 2. The zero-order valence-electron chi connectivity index (χ0n) is 12.4. The van der Waals surface area contributed by atoms with Crippen LogP contribution < -0.4 is 5.32 Å². The molecule has 1 N–H and O–H groups in total. The number of hydrogen-bond acceptors (Lipinski definition) is 2. The molecule has 24 heavy (non-hydrogen) atoms. The second kappa shape index (κ2) is 5.53. The molecule has 0 aliphatic rings. The summed E-state index contributed by atoms with van der Waals surface area (Å²) in [4.78, 5) is 0. The molecule has 0 bridgehead atoms. The molecule has 0 saturated carbocycles. The second-order valence-electron chi connectivity index (χ2n) is 5.51. The number of alkyl halides is 3. The van der Waals surface area contributed by atoms with Gasteiger partial charge in [0.15, 0.2) is 0 Å². The van der Waals surface area contributed by atoms with Crippen molar-refractivity contribution < 1.29 is 13.2 Å². The molecule has 0 fully saturated rings. The minimum atomic E-state index is -4.34. The van der Waals surface area contributed by atoms with Gasteiger partial charge in [-0.15, -0.1) is 11.3 Å². The summed E-state index contributed by atoms with van der Waals surface area (Å²) < 4.78 is 40.8. The van der Waals surface area contributed by atoms with E-state index in [0.717, 1.165) is 33.3 Å². The van der Waals surface area contributed by atoms with Crippen LogP contribution in [0.1, 0.15) is 5.56 Å². The second-order valence-corrected chi connectivity index (χ2v) is 6.60. The van der Waals surface area contributed by atoms with Gasteiger partial charge in [0.25, 0.3) is 0 Å². The fourth-order valence-electron chi connectivity index (χ4n) is 2.74. The van der Waals surface area contributed by atoms with Gasteiger partial charge in [0.2, 0.25) is 0 Å². The average Bonchev–Trinajstić information content (AvgIpc) is 2.92. The molecule has 1 aromatic heterocycles. The van der Waals surface area contributed by atoms with Crippen LogP contribution in [-0.4, -0.2) is 0 Å². The van der Waals surface area contributed by atoms with Crippen molar-refractivity contribution in [2.24, 2.45) is 0 Å². The predicted octanol–water partition coefficient (Wildman–Crippen LogP) is 6.82. The van der Waals surface area contributed by atoms with Gasteiger partial charge in [0.05, 0.1) is 5.56 Å². The fourth-order valence-corrected chi connectivity index (χ4v) is 3.83. The van der Waals surface area contributed by atoms with E-state index >= 15 is 0 Å². The van der Waals surface area contributed by atoms with E-state index in [1.54, 1.807) is 17.4 Å². The highest BCUT2D eigenvalue weighted by Crippen LogP contribution is 2.36. The molecular weight excluding hydrogens is 331 g/mol. The van der Waals surface area contributed by atoms with E-state index in [9.17, 15) is 13.2 Å². The summed E-state index contributed by atoms with van der Waals surface area (Å²) in [7, 11) is 0. The third kappa shape index (κ3) is 2.71. The standard InChI is InChI=1S/C19H12F3NS/c20-19(21,22)12-4-3-5-13(10-12)23-14-8-9-18-16(11-14)15-6-1-2-7-17(15)24-18/h1-11,23H. The molecule has 4 aromatic rings. The van der Waals surface area contributed by atoms with Gasteiger partial charge in [0, 0.05) is 31.5 Å². The van der Waals surface area contributed by atoms with Crippen molar-refractivity contribution in [3.63, 3.8) is 0 Å². The Hall–Kier alpha value is -2.53. The highest BCUT2D eigenvalue weighted by atomic mass is 32.1. The van der Waals surface area contributed by atoms with Crippen molar-refractivity contribution >= 4 is 42.9 Å². The zero-order chi connectivity index (χ0) is 16.7. The van der Waals surface area contributed by atoms with Gasteiger partial charge in [-0.2, -0.15) is 13.2 Å². The fraction of sp³-hybridized carbons (Fsp3) is 0.0526. The van der Waals surface area contributed by atoms with Crippen molar-refractivity contribution in [3.05, 3.63) is 72.3 Å². The number of nitrogens with one attached hydrogen (secondary N) is 1. The molecule has 1 heterocycles. The van der Waals surface area contributed by atoms with Crippen LogP contribution in [0.4, 0.5) is 24.5 Å². The van der Waals surface area contributed by atoms with Gasteiger partial charge in [0.1, 0.15) is 0 Å². The largest absolute Gasteiger partial charge is 0.416 e. The Balaban J connectivity index is 1.73. The Bertz CT molecular complexity index is 1030. The molecule has 0 spiro atoms. The van der Waals surface area contributed by atoms with E-state index in [1.807, 2.05) is 30.3 Å². The third-order valence-electron chi connectivity index (χ3n) is 3.86. The maximum atomic E-state index is 12.8. The van der Waals surface area contributed by atoms with Crippen LogP contribution in [0.3, 0.4) is 0 Å². The summed E-state index contributed by atoms with van der Waals surface area (Å²) in [6.07, 6.45) is -4.34. The van der Waals surface area contributed by atoms with Crippen molar-refractivity contribution in [1.29, 1.82) is 0 Å². The number of benzene rings is 3. The Labute approximate surface area is 140 Å². The first-order valence-corrected chi connectivity index (χ1v) is 8.18. The van der Waals surface area contributed by atoms with E-state index < -0.39 is 11.7 Å². The monoisotopic (exact) mass is 343 g/mol. The number of fused-ring (bicyclic) bond motifs is 3. The number of hydrogen-bond donors (Lipinski definition) is 1. The number of thiophene rings is 1. The molecule has 120 valence electrons. The van der Waals surface area contributed by atoms with Crippen molar-refractivity contribution in [2.45, 2.75) is 6.18 Å². The first-order chi connectivity index (χ1) is 11.5. The molecule has 0 aliphatic carbocycles. The molecule has 4 rings (SSSR count). The molecule has 3 aromatic carbocycles. The van der Waals surface area contributed by atoms with Crippen molar-refractivity contribution in [1.82, 2.24) is 0 Å². The molecular formula is C19H12F3NS. The van der Waals surface area contributed by atoms with Crippen LogP contribution in [0.5, 0.6) is 0 Å². The Kier molecular flexibility index (Phi) is 3.46. The lowest BCUT2D eigenvalue weighted by Crippen LogP contribution is -2.05. The van der Waals surface area contributed by atoms with Gasteiger partial charge in [-0.1, -0.05) is 24.3 Å². The lowest BCUT2D eigenvalue weighted by molar-refractivity contribution is -0.137. The molecule has 0 amide bonds. The number of halogens is 3. The molecule has 5 heteroatoms. The van der Waals surface area contributed by atoms with Crippen LogP contribution in [0.15, 0.2) is 66.7 Å². The van der Waals surface area contributed by atoms with E-state index in [0.29, 0.717) is 5.69 Å². The minimum absolute atomic E-state index is 0.420. The predicted molar refractivity (Wildman–Crippen MR) is 94.1 cm³/mol.